The number of nitriles is 1. The molecular formula is C12H20N2O3. The average molecular weight is 240 g/mol. The van der Waals surface area contributed by atoms with E-state index in [0.29, 0.717) is 25.9 Å². The van der Waals surface area contributed by atoms with Crippen LogP contribution >= 0.6 is 0 Å². The maximum absolute atomic E-state index is 11.8. The fourth-order valence-electron chi connectivity index (χ4n) is 1.92. The molecule has 0 radical (unpaired) electrons. The molecule has 96 valence electrons. The standard InChI is InChI=1S/C12H20N2O3/c1-11(2,3)17-10(16)14-6-4-12(8-13,9-14)5-7-15/h15H,4-7,9H2,1-3H3. The minimum Gasteiger partial charge on any atom is -0.444 e. The molecule has 1 amide bonds. The van der Waals surface area contributed by atoms with E-state index in [0.717, 1.165) is 0 Å². The van der Waals surface area contributed by atoms with Crippen LogP contribution in [-0.4, -0.2) is 41.4 Å². The smallest absolute Gasteiger partial charge is 0.410 e. The quantitative estimate of drug-likeness (QED) is 0.794. The maximum Gasteiger partial charge on any atom is 0.410 e. The molecule has 1 unspecified atom stereocenters. The molecule has 5 heteroatoms. The van der Waals surface area contributed by atoms with Gasteiger partial charge in [-0.3, -0.25) is 0 Å². The molecule has 0 bridgehead atoms. The van der Waals surface area contributed by atoms with Crippen molar-refractivity contribution in [3.63, 3.8) is 0 Å². The summed E-state index contributed by atoms with van der Waals surface area (Å²) in [5.74, 6) is 0. The first kappa shape index (κ1) is 13.8. The first-order valence-electron chi connectivity index (χ1n) is 5.82. The van der Waals surface area contributed by atoms with Crippen molar-refractivity contribution >= 4 is 6.09 Å². The lowest BCUT2D eigenvalue weighted by Gasteiger charge is -2.25. The van der Waals surface area contributed by atoms with Crippen LogP contribution in [0.1, 0.15) is 33.6 Å². The van der Waals surface area contributed by atoms with Crippen molar-refractivity contribution in [1.29, 1.82) is 5.26 Å². The van der Waals surface area contributed by atoms with Crippen LogP contribution in [0.3, 0.4) is 0 Å². The third kappa shape index (κ3) is 3.60. The van der Waals surface area contributed by atoms with E-state index < -0.39 is 11.0 Å². The molecule has 1 aliphatic rings. The first-order chi connectivity index (χ1) is 7.82. The van der Waals surface area contributed by atoms with E-state index in [1.807, 2.05) is 20.8 Å². The highest BCUT2D eigenvalue weighted by atomic mass is 16.6. The summed E-state index contributed by atoms with van der Waals surface area (Å²) in [6.45, 7) is 6.27. The second-order valence-electron chi connectivity index (χ2n) is 5.52. The zero-order chi connectivity index (χ0) is 13.1. The lowest BCUT2D eigenvalue weighted by molar-refractivity contribution is 0.0277. The molecule has 1 saturated heterocycles. The largest absolute Gasteiger partial charge is 0.444 e. The summed E-state index contributed by atoms with van der Waals surface area (Å²) in [5.41, 5.74) is -1.13. The van der Waals surface area contributed by atoms with Gasteiger partial charge < -0.3 is 14.7 Å². The highest BCUT2D eigenvalue weighted by Crippen LogP contribution is 2.33. The Morgan fingerprint density at radius 1 is 1.59 bits per heavy atom. The zero-order valence-electron chi connectivity index (χ0n) is 10.7. The van der Waals surface area contributed by atoms with Crippen LogP contribution in [0.2, 0.25) is 0 Å². The third-order valence-corrected chi connectivity index (χ3v) is 2.83. The van der Waals surface area contributed by atoms with E-state index in [1.165, 1.54) is 0 Å². The molecule has 1 aliphatic heterocycles. The lowest BCUT2D eigenvalue weighted by Crippen LogP contribution is -2.36. The molecule has 0 aromatic carbocycles. The summed E-state index contributed by atoms with van der Waals surface area (Å²) in [4.78, 5) is 13.3. The molecule has 0 saturated carbocycles. The number of rotatable bonds is 2. The summed E-state index contributed by atoms with van der Waals surface area (Å²) in [6, 6.07) is 2.22. The summed E-state index contributed by atoms with van der Waals surface area (Å²) in [5, 5.41) is 18.1. The third-order valence-electron chi connectivity index (χ3n) is 2.83. The summed E-state index contributed by atoms with van der Waals surface area (Å²) in [7, 11) is 0. The van der Waals surface area contributed by atoms with Gasteiger partial charge in [0, 0.05) is 19.7 Å². The number of likely N-dealkylation sites (tertiary alicyclic amines) is 1. The number of aliphatic hydroxyl groups excluding tert-OH is 1. The van der Waals surface area contributed by atoms with Crippen molar-refractivity contribution in [2.24, 2.45) is 5.41 Å². The Hall–Kier alpha value is -1.28. The predicted molar refractivity (Wildman–Crippen MR) is 62.2 cm³/mol. The molecule has 1 atom stereocenters. The Morgan fingerprint density at radius 2 is 2.24 bits per heavy atom. The van der Waals surface area contributed by atoms with Crippen LogP contribution in [0.25, 0.3) is 0 Å². The van der Waals surface area contributed by atoms with Crippen LogP contribution in [0.15, 0.2) is 0 Å². The monoisotopic (exact) mass is 240 g/mol. The first-order valence-corrected chi connectivity index (χ1v) is 5.82. The zero-order valence-corrected chi connectivity index (χ0v) is 10.7. The number of aliphatic hydroxyl groups is 1. The molecule has 17 heavy (non-hydrogen) atoms. The molecule has 0 aromatic heterocycles. The molecule has 1 fully saturated rings. The molecule has 0 aliphatic carbocycles. The van der Waals surface area contributed by atoms with Crippen LogP contribution in [0, 0.1) is 16.7 Å². The fraction of sp³-hybridized carbons (Fsp3) is 0.833. The van der Waals surface area contributed by atoms with E-state index in [9.17, 15) is 4.79 Å². The summed E-state index contributed by atoms with van der Waals surface area (Å²) >= 11 is 0. The van der Waals surface area contributed by atoms with Crippen molar-refractivity contribution in [3.05, 3.63) is 0 Å². The summed E-state index contributed by atoms with van der Waals surface area (Å²) in [6.07, 6.45) is 0.624. The van der Waals surface area contributed by atoms with Gasteiger partial charge in [0.05, 0.1) is 11.5 Å². The molecular weight excluding hydrogens is 220 g/mol. The van der Waals surface area contributed by atoms with Gasteiger partial charge in [-0.2, -0.15) is 5.26 Å². The molecule has 0 spiro atoms. The van der Waals surface area contributed by atoms with E-state index in [2.05, 4.69) is 6.07 Å². The Morgan fingerprint density at radius 3 is 2.71 bits per heavy atom. The normalized spacial score (nSPS) is 24.5. The minimum absolute atomic E-state index is 0.0320. The van der Waals surface area contributed by atoms with Crippen molar-refractivity contribution in [2.45, 2.75) is 39.2 Å². The van der Waals surface area contributed by atoms with Gasteiger partial charge in [0.15, 0.2) is 0 Å². The second kappa shape index (κ2) is 4.92. The predicted octanol–water partition coefficient (Wildman–Crippen LogP) is 1.52. The van der Waals surface area contributed by atoms with Gasteiger partial charge >= 0.3 is 6.09 Å². The van der Waals surface area contributed by atoms with Crippen molar-refractivity contribution in [3.8, 4) is 6.07 Å². The number of hydrogen-bond acceptors (Lipinski definition) is 4. The molecule has 0 aromatic rings. The maximum atomic E-state index is 11.8. The number of hydrogen-bond donors (Lipinski definition) is 1. The molecule has 5 nitrogen and oxygen atoms in total. The van der Waals surface area contributed by atoms with Gasteiger partial charge in [-0.05, 0) is 33.6 Å². The number of ether oxygens (including phenoxy) is 1. The van der Waals surface area contributed by atoms with Crippen LogP contribution in [0.4, 0.5) is 4.79 Å². The van der Waals surface area contributed by atoms with E-state index >= 15 is 0 Å². The molecule has 1 rings (SSSR count). The van der Waals surface area contributed by atoms with Gasteiger partial charge in [-0.25, -0.2) is 4.79 Å². The molecule has 1 N–H and O–H groups in total. The van der Waals surface area contributed by atoms with Crippen molar-refractivity contribution in [1.82, 2.24) is 4.90 Å². The number of carbonyl (C=O) groups is 1. The Bertz CT molecular complexity index is 330. The Labute approximate surface area is 102 Å². The van der Waals surface area contributed by atoms with Gasteiger partial charge in [-0.15, -0.1) is 0 Å². The Kier molecular flexibility index (Phi) is 3.99. The average Bonchev–Trinajstić information content (AvgIpc) is 2.61. The van der Waals surface area contributed by atoms with Crippen LogP contribution in [0.5, 0.6) is 0 Å². The van der Waals surface area contributed by atoms with E-state index in [-0.39, 0.29) is 12.7 Å². The van der Waals surface area contributed by atoms with Gasteiger partial charge in [0.1, 0.15) is 5.60 Å². The minimum atomic E-state index is -0.606. The SMILES string of the molecule is CC(C)(C)OC(=O)N1CCC(C#N)(CCO)C1. The molecule has 1 heterocycles. The van der Waals surface area contributed by atoms with Crippen molar-refractivity contribution < 1.29 is 14.6 Å². The number of nitrogens with zero attached hydrogens (tertiary/aromatic N) is 2. The second-order valence-corrected chi connectivity index (χ2v) is 5.52. The Balaban J connectivity index is 2.61. The highest BCUT2D eigenvalue weighted by molar-refractivity contribution is 5.68. The van der Waals surface area contributed by atoms with Crippen LogP contribution < -0.4 is 0 Å². The van der Waals surface area contributed by atoms with Crippen molar-refractivity contribution in [2.75, 3.05) is 19.7 Å². The number of carbonyl (C=O) groups excluding carboxylic acids is 1. The lowest BCUT2D eigenvalue weighted by atomic mass is 9.86. The van der Waals surface area contributed by atoms with Gasteiger partial charge in [-0.1, -0.05) is 0 Å². The van der Waals surface area contributed by atoms with E-state index in [4.69, 9.17) is 15.1 Å². The highest BCUT2D eigenvalue weighted by Gasteiger charge is 2.41. The van der Waals surface area contributed by atoms with Gasteiger partial charge in [0.2, 0.25) is 0 Å². The topological polar surface area (TPSA) is 73.6 Å². The fourth-order valence-corrected chi connectivity index (χ4v) is 1.92. The van der Waals surface area contributed by atoms with E-state index in [1.54, 1.807) is 4.90 Å². The number of amides is 1. The van der Waals surface area contributed by atoms with Gasteiger partial charge in [0.25, 0.3) is 0 Å². The van der Waals surface area contributed by atoms with Crippen LogP contribution in [-0.2, 0) is 4.74 Å². The summed E-state index contributed by atoms with van der Waals surface area (Å²) < 4.78 is 5.25.